The minimum Gasteiger partial charge on any atom is -0.357 e. The largest absolute Gasteiger partial charge is 0.357 e. The van der Waals surface area contributed by atoms with Gasteiger partial charge in [-0.2, -0.15) is 0 Å². The Morgan fingerprint density at radius 1 is 1.28 bits per heavy atom. The van der Waals surface area contributed by atoms with Crippen molar-refractivity contribution in [2.45, 2.75) is 19.8 Å². The number of sulfonamides is 1. The molecule has 0 aliphatic heterocycles. The maximum atomic E-state index is 10.8. The zero-order chi connectivity index (χ0) is 12.7. The normalized spacial score (nSPS) is 16.0. The molecule has 0 aromatic heterocycles. The smallest absolute Gasteiger partial charge is 0.208 e. The van der Waals surface area contributed by atoms with E-state index < -0.39 is 10.0 Å². The Balaban J connectivity index is 0.00000289. The molecule has 0 aromatic carbocycles. The molecule has 1 aliphatic rings. The lowest BCUT2D eigenvalue weighted by molar-refractivity contribution is 0.586. The molecule has 1 aliphatic carbocycles. The van der Waals surface area contributed by atoms with E-state index in [9.17, 15) is 8.42 Å². The highest BCUT2D eigenvalue weighted by Crippen LogP contribution is 2.28. The molecule has 8 heteroatoms. The Kier molecular flexibility index (Phi) is 8.87. The fourth-order valence-electron chi connectivity index (χ4n) is 1.28. The lowest BCUT2D eigenvalue weighted by Gasteiger charge is -2.11. The van der Waals surface area contributed by atoms with Gasteiger partial charge in [-0.15, -0.1) is 24.0 Å². The van der Waals surface area contributed by atoms with Crippen LogP contribution in [0.2, 0.25) is 0 Å². The Hall–Kier alpha value is -0.0900. The van der Waals surface area contributed by atoms with Gasteiger partial charge in [-0.25, -0.2) is 13.1 Å². The van der Waals surface area contributed by atoms with Gasteiger partial charge in [-0.3, -0.25) is 4.99 Å². The molecule has 0 unspecified atom stereocenters. The lowest BCUT2D eigenvalue weighted by Crippen LogP contribution is -2.41. The minimum atomic E-state index is -3.10. The number of hydrogen-bond donors (Lipinski definition) is 3. The summed E-state index contributed by atoms with van der Waals surface area (Å²) in [6.07, 6.45) is 3.70. The average molecular weight is 390 g/mol. The number of rotatable bonds is 7. The summed E-state index contributed by atoms with van der Waals surface area (Å²) >= 11 is 0. The number of hydrogen-bond acceptors (Lipinski definition) is 3. The number of guanidine groups is 1. The molecule has 108 valence electrons. The summed E-state index contributed by atoms with van der Waals surface area (Å²) in [4.78, 5) is 4.43. The average Bonchev–Trinajstić information content (AvgIpc) is 3.03. The molecule has 0 radical (unpaired) electrons. The Bertz CT molecular complexity index is 355. The molecule has 1 fully saturated rings. The van der Waals surface area contributed by atoms with Crippen molar-refractivity contribution in [3.05, 3.63) is 0 Å². The zero-order valence-electron chi connectivity index (χ0n) is 10.9. The van der Waals surface area contributed by atoms with Crippen molar-refractivity contribution < 1.29 is 8.42 Å². The molecule has 0 saturated heterocycles. The molecule has 0 atom stereocenters. The van der Waals surface area contributed by atoms with Crippen LogP contribution < -0.4 is 15.4 Å². The van der Waals surface area contributed by atoms with Crippen molar-refractivity contribution in [2.75, 3.05) is 32.4 Å². The van der Waals surface area contributed by atoms with Gasteiger partial charge in [0, 0.05) is 26.2 Å². The lowest BCUT2D eigenvalue weighted by atomic mass is 10.4. The monoisotopic (exact) mass is 390 g/mol. The maximum Gasteiger partial charge on any atom is 0.208 e. The molecule has 3 N–H and O–H groups in total. The second-order valence-corrected chi connectivity index (χ2v) is 6.09. The van der Waals surface area contributed by atoms with Gasteiger partial charge in [-0.05, 0) is 25.7 Å². The van der Waals surface area contributed by atoms with Gasteiger partial charge in [0.15, 0.2) is 5.96 Å². The van der Waals surface area contributed by atoms with E-state index in [-0.39, 0.29) is 24.0 Å². The predicted molar refractivity (Wildman–Crippen MR) is 85.0 cm³/mol. The van der Waals surface area contributed by atoms with Crippen molar-refractivity contribution in [3.63, 3.8) is 0 Å². The predicted octanol–water partition coefficient (Wildman–Crippen LogP) is 0.119. The SMILES string of the molecule is CCNC(=NCC1CC1)NCCNS(C)(=O)=O.I. The fourth-order valence-corrected chi connectivity index (χ4v) is 1.75. The summed E-state index contributed by atoms with van der Waals surface area (Å²) in [5.74, 6) is 1.51. The van der Waals surface area contributed by atoms with Crippen LogP contribution in [0.4, 0.5) is 0 Å². The highest BCUT2D eigenvalue weighted by atomic mass is 127. The van der Waals surface area contributed by atoms with E-state index in [1.54, 1.807) is 0 Å². The van der Waals surface area contributed by atoms with Gasteiger partial charge in [0.2, 0.25) is 10.0 Å². The van der Waals surface area contributed by atoms with Crippen LogP contribution >= 0.6 is 24.0 Å². The van der Waals surface area contributed by atoms with E-state index in [1.807, 2.05) is 6.92 Å². The van der Waals surface area contributed by atoms with Gasteiger partial charge >= 0.3 is 0 Å². The minimum absolute atomic E-state index is 0. The number of halogens is 1. The first-order chi connectivity index (χ1) is 8.01. The van der Waals surface area contributed by atoms with Crippen LogP contribution in [-0.2, 0) is 10.0 Å². The van der Waals surface area contributed by atoms with Gasteiger partial charge < -0.3 is 10.6 Å². The molecule has 18 heavy (non-hydrogen) atoms. The molecule has 0 bridgehead atoms. The quantitative estimate of drug-likeness (QED) is 0.250. The Morgan fingerprint density at radius 2 is 1.94 bits per heavy atom. The Labute approximate surface area is 126 Å². The molecule has 0 amide bonds. The standard InChI is InChI=1S/C10H22N4O2S.HI/c1-3-11-10(13-8-9-4-5-9)12-6-7-14-17(2,15)16;/h9,14H,3-8H2,1-2H3,(H2,11,12,13);1H. The van der Waals surface area contributed by atoms with Crippen LogP contribution in [0.15, 0.2) is 4.99 Å². The summed E-state index contributed by atoms with van der Waals surface area (Å²) in [5, 5.41) is 6.21. The molecule has 6 nitrogen and oxygen atoms in total. The molecule has 1 saturated carbocycles. The summed E-state index contributed by atoms with van der Waals surface area (Å²) in [5.41, 5.74) is 0. The van der Waals surface area contributed by atoms with Crippen LogP contribution in [-0.4, -0.2) is 46.8 Å². The van der Waals surface area contributed by atoms with Crippen LogP contribution in [0, 0.1) is 5.92 Å². The maximum absolute atomic E-state index is 10.8. The second kappa shape index (κ2) is 8.92. The molecular weight excluding hydrogens is 367 g/mol. The van der Waals surface area contributed by atoms with Crippen molar-refractivity contribution in [1.82, 2.24) is 15.4 Å². The van der Waals surface area contributed by atoms with E-state index in [0.717, 1.165) is 31.2 Å². The van der Waals surface area contributed by atoms with Crippen LogP contribution in [0.3, 0.4) is 0 Å². The molecule has 0 aromatic rings. The first-order valence-corrected chi connectivity index (χ1v) is 7.87. The first-order valence-electron chi connectivity index (χ1n) is 5.98. The van der Waals surface area contributed by atoms with E-state index in [4.69, 9.17) is 0 Å². The fraction of sp³-hybridized carbons (Fsp3) is 0.900. The van der Waals surface area contributed by atoms with Gasteiger partial charge in [0.05, 0.1) is 6.26 Å². The van der Waals surface area contributed by atoms with E-state index in [1.165, 1.54) is 12.8 Å². The van der Waals surface area contributed by atoms with E-state index in [0.29, 0.717) is 13.1 Å². The molecule has 1 rings (SSSR count). The van der Waals surface area contributed by atoms with Crippen molar-refractivity contribution >= 4 is 40.0 Å². The highest BCUT2D eigenvalue weighted by molar-refractivity contribution is 14.0. The second-order valence-electron chi connectivity index (χ2n) is 4.26. The third-order valence-corrected chi connectivity index (χ3v) is 3.06. The summed E-state index contributed by atoms with van der Waals surface area (Å²) in [7, 11) is -3.10. The molecule has 0 spiro atoms. The number of aliphatic imine (C=N–C) groups is 1. The van der Waals surface area contributed by atoms with E-state index in [2.05, 4.69) is 20.3 Å². The van der Waals surface area contributed by atoms with Crippen LogP contribution in [0.1, 0.15) is 19.8 Å². The van der Waals surface area contributed by atoms with Crippen LogP contribution in [0.5, 0.6) is 0 Å². The third-order valence-electron chi connectivity index (χ3n) is 2.33. The summed E-state index contributed by atoms with van der Waals surface area (Å²) in [6.45, 7) is 4.56. The van der Waals surface area contributed by atoms with Gasteiger partial charge in [-0.1, -0.05) is 0 Å². The molecular formula is C10H23IN4O2S. The third kappa shape index (κ3) is 9.89. The molecule has 0 heterocycles. The number of nitrogens with one attached hydrogen (secondary N) is 3. The topological polar surface area (TPSA) is 82.6 Å². The van der Waals surface area contributed by atoms with Crippen molar-refractivity contribution in [2.24, 2.45) is 10.9 Å². The van der Waals surface area contributed by atoms with E-state index >= 15 is 0 Å². The Morgan fingerprint density at radius 3 is 2.44 bits per heavy atom. The highest BCUT2D eigenvalue weighted by Gasteiger charge is 2.20. The van der Waals surface area contributed by atoms with Crippen molar-refractivity contribution in [1.29, 1.82) is 0 Å². The first kappa shape index (κ1) is 17.9. The van der Waals surface area contributed by atoms with Gasteiger partial charge in [0.25, 0.3) is 0 Å². The van der Waals surface area contributed by atoms with Crippen LogP contribution in [0.25, 0.3) is 0 Å². The zero-order valence-corrected chi connectivity index (χ0v) is 14.0. The number of nitrogens with zero attached hydrogens (tertiary/aromatic N) is 1. The summed E-state index contributed by atoms with van der Waals surface area (Å²) < 4.78 is 24.1. The van der Waals surface area contributed by atoms with Crippen molar-refractivity contribution in [3.8, 4) is 0 Å². The summed E-state index contributed by atoms with van der Waals surface area (Å²) in [6, 6.07) is 0. The van der Waals surface area contributed by atoms with Gasteiger partial charge in [0.1, 0.15) is 0 Å².